The molecule has 0 radical (unpaired) electrons. The third-order valence-electron chi connectivity index (χ3n) is 4.87. The molecule has 0 aliphatic carbocycles. The van der Waals surface area contributed by atoms with Gasteiger partial charge in [-0.25, -0.2) is 16.8 Å². The minimum absolute atomic E-state index is 0.0606. The van der Waals surface area contributed by atoms with Crippen molar-refractivity contribution in [3.8, 4) is 11.5 Å². The van der Waals surface area contributed by atoms with E-state index in [0.717, 1.165) is 28.6 Å². The Balaban J connectivity index is 1.79. The van der Waals surface area contributed by atoms with E-state index in [0.29, 0.717) is 5.75 Å². The van der Waals surface area contributed by atoms with Crippen molar-refractivity contribution in [1.29, 1.82) is 0 Å². The van der Waals surface area contributed by atoms with E-state index in [1.807, 2.05) is 0 Å². The third kappa shape index (κ3) is 4.49. The monoisotopic (exact) mass is 471 g/mol. The van der Waals surface area contributed by atoms with Crippen LogP contribution in [0, 0.1) is 10.1 Å². The summed E-state index contributed by atoms with van der Waals surface area (Å²) in [5.74, 6) is 0.500. The van der Waals surface area contributed by atoms with Crippen LogP contribution in [-0.4, -0.2) is 70.8 Å². The van der Waals surface area contributed by atoms with Crippen LogP contribution in [0.1, 0.15) is 0 Å². The van der Waals surface area contributed by atoms with Crippen molar-refractivity contribution in [2.24, 2.45) is 0 Å². The number of sulfonamides is 2. The van der Waals surface area contributed by atoms with Crippen LogP contribution < -0.4 is 9.47 Å². The molecule has 1 aliphatic rings. The quantitative estimate of drug-likeness (QED) is 0.435. The normalized spacial score (nSPS) is 16.1. The maximum Gasteiger partial charge on any atom is 0.269 e. The molecule has 3 rings (SSSR count). The number of piperazine rings is 1. The molecule has 0 unspecified atom stereocenters. The average molecular weight is 472 g/mol. The fourth-order valence-electron chi connectivity index (χ4n) is 3.16. The van der Waals surface area contributed by atoms with Crippen LogP contribution in [0.15, 0.2) is 52.3 Å². The summed E-state index contributed by atoms with van der Waals surface area (Å²) in [6.45, 7) is -0.251. The first kappa shape index (κ1) is 22.9. The van der Waals surface area contributed by atoms with Crippen molar-refractivity contribution in [2.75, 3.05) is 40.4 Å². The van der Waals surface area contributed by atoms with Gasteiger partial charge in [-0.15, -0.1) is 0 Å². The fraction of sp³-hybridized carbons (Fsp3) is 0.333. The molecule has 2 aromatic rings. The number of hydrogen-bond donors (Lipinski definition) is 0. The molecule has 1 heterocycles. The highest BCUT2D eigenvalue weighted by molar-refractivity contribution is 7.89. The molecule has 13 heteroatoms. The zero-order valence-corrected chi connectivity index (χ0v) is 18.4. The minimum atomic E-state index is -3.95. The molecular formula is C18H21N3O8S2. The molecule has 1 aliphatic heterocycles. The van der Waals surface area contributed by atoms with Crippen molar-refractivity contribution in [3.05, 3.63) is 52.6 Å². The first-order valence-corrected chi connectivity index (χ1v) is 12.0. The topological polar surface area (TPSA) is 136 Å². The van der Waals surface area contributed by atoms with Crippen molar-refractivity contribution in [2.45, 2.75) is 9.79 Å². The van der Waals surface area contributed by atoms with E-state index in [4.69, 9.17) is 9.47 Å². The Morgan fingerprint density at radius 2 is 1.39 bits per heavy atom. The van der Waals surface area contributed by atoms with E-state index in [2.05, 4.69) is 0 Å². The molecular weight excluding hydrogens is 450 g/mol. The number of hydrogen-bond acceptors (Lipinski definition) is 8. The molecule has 0 spiro atoms. The van der Waals surface area contributed by atoms with Gasteiger partial charge in [0.2, 0.25) is 20.0 Å². The molecule has 11 nitrogen and oxygen atoms in total. The lowest BCUT2D eigenvalue weighted by Gasteiger charge is -2.33. The summed E-state index contributed by atoms with van der Waals surface area (Å²) in [5.41, 5.74) is -0.220. The zero-order chi connectivity index (χ0) is 22.8. The second-order valence-electron chi connectivity index (χ2n) is 6.58. The smallest absolute Gasteiger partial charge is 0.269 e. The predicted molar refractivity (Wildman–Crippen MR) is 110 cm³/mol. The SMILES string of the molecule is COc1ccc(OC)c(S(=O)(=O)N2CCN(S(=O)(=O)c3ccc([N+](=O)[O-])cc3)CC2)c1. The third-order valence-corrected chi connectivity index (χ3v) is 8.70. The van der Waals surface area contributed by atoms with E-state index < -0.39 is 25.0 Å². The Morgan fingerprint density at radius 3 is 1.87 bits per heavy atom. The van der Waals surface area contributed by atoms with Crippen LogP contribution in [0.4, 0.5) is 5.69 Å². The maximum absolute atomic E-state index is 13.1. The molecule has 0 aromatic heterocycles. The van der Waals surface area contributed by atoms with Crippen LogP contribution in [0.25, 0.3) is 0 Å². The first-order chi connectivity index (χ1) is 14.6. The van der Waals surface area contributed by atoms with E-state index in [9.17, 15) is 26.9 Å². The highest BCUT2D eigenvalue weighted by Gasteiger charge is 2.35. The van der Waals surface area contributed by atoms with E-state index in [1.165, 1.54) is 30.7 Å². The number of methoxy groups -OCH3 is 2. The van der Waals surface area contributed by atoms with Gasteiger partial charge in [0.05, 0.1) is 24.0 Å². The summed E-state index contributed by atoms with van der Waals surface area (Å²) in [5, 5.41) is 10.8. The van der Waals surface area contributed by atoms with Crippen molar-refractivity contribution >= 4 is 25.7 Å². The number of nitrogens with zero attached hydrogens (tertiary/aromatic N) is 3. The number of nitro groups is 1. The van der Waals surface area contributed by atoms with E-state index in [1.54, 1.807) is 6.07 Å². The van der Waals surface area contributed by atoms with Gasteiger partial charge < -0.3 is 9.47 Å². The van der Waals surface area contributed by atoms with Gasteiger partial charge in [0, 0.05) is 44.4 Å². The van der Waals surface area contributed by atoms with Gasteiger partial charge >= 0.3 is 0 Å². The molecule has 0 atom stereocenters. The van der Waals surface area contributed by atoms with Gasteiger partial charge in [-0.3, -0.25) is 10.1 Å². The summed E-state index contributed by atoms with van der Waals surface area (Å²) in [7, 11) is -5.10. The largest absolute Gasteiger partial charge is 0.497 e. The van der Waals surface area contributed by atoms with Gasteiger partial charge in [-0.05, 0) is 24.3 Å². The summed E-state index contributed by atoms with van der Waals surface area (Å²) in [4.78, 5) is 9.98. The number of benzene rings is 2. The van der Waals surface area contributed by atoms with Gasteiger partial charge in [-0.2, -0.15) is 8.61 Å². The van der Waals surface area contributed by atoms with Gasteiger partial charge in [-0.1, -0.05) is 0 Å². The second-order valence-corrected chi connectivity index (χ2v) is 10.4. The van der Waals surface area contributed by atoms with E-state index >= 15 is 0 Å². The van der Waals surface area contributed by atoms with Gasteiger partial charge in [0.15, 0.2) is 0 Å². The molecule has 0 N–H and O–H groups in total. The predicted octanol–water partition coefficient (Wildman–Crippen LogP) is 1.31. The maximum atomic E-state index is 13.1. The summed E-state index contributed by atoms with van der Waals surface area (Å²) >= 11 is 0. The Morgan fingerprint density at radius 1 is 0.839 bits per heavy atom. The summed E-state index contributed by atoms with van der Waals surface area (Å²) < 4.78 is 64.5. The van der Waals surface area contributed by atoms with Crippen LogP contribution in [0.3, 0.4) is 0 Å². The Bertz CT molecular complexity index is 1170. The number of non-ortho nitro benzene ring substituents is 1. The fourth-order valence-corrected chi connectivity index (χ4v) is 6.18. The lowest BCUT2D eigenvalue weighted by Crippen LogP contribution is -2.50. The highest BCUT2D eigenvalue weighted by atomic mass is 32.2. The molecule has 0 amide bonds. The van der Waals surface area contributed by atoms with Crippen molar-refractivity contribution in [3.63, 3.8) is 0 Å². The Kier molecular flexibility index (Phi) is 6.50. The summed E-state index contributed by atoms with van der Waals surface area (Å²) in [6.07, 6.45) is 0. The summed E-state index contributed by atoms with van der Waals surface area (Å²) in [6, 6.07) is 8.97. The Labute approximate surface area is 180 Å². The minimum Gasteiger partial charge on any atom is -0.497 e. The zero-order valence-electron chi connectivity index (χ0n) is 16.8. The molecule has 0 saturated carbocycles. The molecule has 168 valence electrons. The van der Waals surface area contributed by atoms with Gasteiger partial charge in [0.1, 0.15) is 16.4 Å². The molecule has 0 bridgehead atoms. The van der Waals surface area contributed by atoms with Crippen LogP contribution in [0.2, 0.25) is 0 Å². The number of rotatable bonds is 7. The Hall–Kier alpha value is -2.74. The highest BCUT2D eigenvalue weighted by Crippen LogP contribution is 2.31. The van der Waals surface area contributed by atoms with Crippen molar-refractivity contribution in [1.82, 2.24) is 8.61 Å². The molecule has 31 heavy (non-hydrogen) atoms. The number of nitro benzene ring substituents is 1. The molecule has 2 aromatic carbocycles. The lowest BCUT2D eigenvalue weighted by atomic mass is 10.3. The van der Waals surface area contributed by atoms with Crippen LogP contribution >= 0.6 is 0 Å². The second kappa shape index (κ2) is 8.78. The van der Waals surface area contributed by atoms with Crippen molar-refractivity contribution < 1.29 is 31.2 Å². The van der Waals surface area contributed by atoms with Crippen LogP contribution in [0.5, 0.6) is 11.5 Å². The molecule has 1 fully saturated rings. The molecule has 1 saturated heterocycles. The van der Waals surface area contributed by atoms with Gasteiger partial charge in [0.25, 0.3) is 5.69 Å². The first-order valence-electron chi connectivity index (χ1n) is 9.08. The lowest BCUT2D eigenvalue weighted by molar-refractivity contribution is -0.384. The average Bonchev–Trinajstić information content (AvgIpc) is 2.78. The standard InChI is InChI=1S/C18H21N3O8S2/c1-28-15-5-8-17(29-2)18(13-15)31(26,27)20-11-9-19(10-12-20)30(24,25)16-6-3-14(4-7-16)21(22)23/h3-8,13H,9-12H2,1-2H3. The van der Waals surface area contributed by atoms with E-state index in [-0.39, 0.29) is 47.4 Å². The number of ether oxygens (including phenoxy) is 2. The van der Waals surface area contributed by atoms with Crippen LogP contribution in [-0.2, 0) is 20.0 Å².